The van der Waals surface area contributed by atoms with Crippen LogP contribution in [0.1, 0.15) is 59.8 Å². The summed E-state index contributed by atoms with van der Waals surface area (Å²) in [5.41, 5.74) is -1.48. The van der Waals surface area contributed by atoms with Crippen molar-refractivity contribution in [1.29, 1.82) is 0 Å². The Hall–Kier alpha value is -1.48. The number of ether oxygens (including phenoxy) is 1. The second-order valence-corrected chi connectivity index (χ2v) is 12.6. The van der Waals surface area contributed by atoms with E-state index in [0.29, 0.717) is 31.0 Å². The lowest BCUT2D eigenvalue weighted by atomic mass is 9.46. The molecule has 4 aliphatic rings. The normalized spacial score (nSPS) is 41.3. The standard InChI is InChI=1S/C26H37NO6S/c1-23(2,32)33-26(21(30)34-22(31)27(5)6)12-10-18-17-8-7-15-13-16(28)9-11-24(15,3)20(17)19(29)14-25(18,26)4/h9,11,13,17-20,29,32H,7-8,10,12,14H2,1-6H3/t17-,18?,19?,20?,24-,25-,26-/m0/s1. The first kappa shape index (κ1) is 25.6. The second kappa shape index (κ2) is 8.29. The Bertz CT molecular complexity index is 967. The first-order valence-electron chi connectivity index (χ1n) is 12.1. The van der Waals surface area contributed by atoms with Crippen molar-refractivity contribution in [2.24, 2.45) is 28.6 Å². The maximum Gasteiger partial charge on any atom is 0.288 e. The lowest BCUT2D eigenvalue weighted by Gasteiger charge is -2.60. The summed E-state index contributed by atoms with van der Waals surface area (Å²) in [5, 5.41) is 21.5. The third kappa shape index (κ3) is 3.81. The van der Waals surface area contributed by atoms with Crippen molar-refractivity contribution in [3.8, 4) is 0 Å². The van der Waals surface area contributed by atoms with Gasteiger partial charge in [0.2, 0.25) is 5.12 Å². The molecule has 1 amide bonds. The Morgan fingerprint density at radius 2 is 1.91 bits per heavy atom. The highest BCUT2D eigenvalue weighted by Gasteiger charge is 2.70. The zero-order valence-corrected chi connectivity index (χ0v) is 21.8. The van der Waals surface area contributed by atoms with Crippen LogP contribution in [0.25, 0.3) is 0 Å². The van der Waals surface area contributed by atoms with Crippen molar-refractivity contribution in [2.45, 2.75) is 77.3 Å². The number of fused-ring (bicyclic) bond motifs is 5. The number of ketones is 1. The van der Waals surface area contributed by atoms with Gasteiger partial charge >= 0.3 is 0 Å². The highest BCUT2D eigenvalue weighted by atomic mass is 32.2. The van der Waals surface area contributed by atoms with Gasteiger partial charge < -0.3 is 19.8 Å². The van der Waals surface area contributed by atoms with Gasteiger partial charge in [0.05, 0.1) is 6.10 Å². The summed E-state index contributed by atoms with van der Waals surface area (Å²) in [7, 11) is 3.19. The summed E-state index contributed by atoms with van der Waals surface area (Å²) in [6, 6.07) is 0. The average Bonchev–Trinajstić information content (AvgIpc) is 2.99. The van der Waals surface area contributed by atoms with Crippen LogP contribution in [-0.2, 0) is 14.3 Å². The third-order valence-electron chi connectivity index (χ3n) is 8.91. The summed E-state index contributed by atoms with van der Waals surface area (Å²) >= 11 is 0.620. The van der Waals surface area contributed by atoms with Crippen molar-refractivity contribution in [2.75, 3.05) is 14.1 Å². The minimum atomic E-state index is -1.59. The maximum absolute atomic E-state index is 13.8. The molecule has 4 aliphatic carbocycles. The highest BCUT2D eigenvalue weighted by Crippen LogP contribution is 2.68. The number of hydrogen-bond donors (Lipinski definition) is 2. The molecule has 0 aromatic heterocycles. The lowest BCUT2D eigenvalue weighted by Crippen LogP contribution is -2.63. The largest absolute Gasteiger partial charge is 0.393 e. The number of aliphatic hydroxyl groups excluding tert-OH is 1. The average molecular weight is 492 g/mol. The van der Waals surface area contributed by atoms with Crippen LogP contribution in [0.2, 0.25) is 0 Å². The van der Waals surface area contributed by atoms with Crippen LogP contribution < -0.4 is 0 Å². The summed E-state index contributed by atoms with van der Waals surface area (Å²) < 4.78 is 6.21. The van der Waals surface area contributed by atoms with E-state index in [9.17, 15) is 24.6 Å². The molecule has 0 spiro atoms. The Morgan fingerprint density at radius 3 is 2.53 bits per heavy atom. The smallest absolute Gasteiger partial charge is 0.288 e. The number of carbonyl (C=O) groups is 3. The van der Waals surface area contributed by atoms with E-state index >= 15 is 0 Å². The number of carbonyl (C=O) groups excluding carboxylic acids is 3. The zero-order valence-electron chi connectivity index (χ0n) is 21.0. The lowest BCUT2D eigenvalue weighted by molar-refractivity contribution is -0.273. The fourth-order valence-electron chi connectivity index (χ4n) is 7.54. The van der Waals surface area contributed by atoms with Gasteiger partial charge in [-0.1, -0.05) is 25.5 Å². The van der Waals surface area contributed by atoms with Crippen LogP contribution in [0, 0.1) is 28.6 Å². The highest BCUT2D eigenvalue weighted by molar-refractivity contribution is 8.26. The van der Waals surface area contributed by atoms with Crippen LogP contribution in [0.4, 0.5) is 4.79 Å². The Morgan fingerprint density at radius 1 is 1.24 bits per heavy atom. The quantitative estimate of drug-likeness (QED) is 0.580. The van der Waals surface area contributed by atoms with E-state index in [-0.39, 0.29) is 28.8 Å². The van der Waals surface area contributed by atoms with E-state index in [4.69, 9.17) is 4.74 Å². The van der Waals surface area contributed by atoms with Crippen LogP contribution in [0.5, 0.6) is 0 Å². The number of aliphatic hydroxyl groups is 2. The Balaban J connectivity index is 1.75. The van der Waals surface area contributed by atoms with Gasteiger partial charge in [0.1, 0.15) is 5.60 Å². The van der Waals surface area contributed by atoms with E-state index < -0.39 is 33.4 Å². The van der Waals surface area contributed by atoms with Gasteiger partial charge in [0, 0.05) is 42.6 Å². The van der Waals surface area contributed by atoms with Crippen molar-refractivity contribution in [3.63, 3.8) is 0 Å². The number of allylic oxidation sites excluding steroid dienone is 4. The molecule has 4 rings (SSSR count). The molecule has 0 bridgehead atoms. The molecule has 7 nitrogen and oxygen atoms in total. The molecule has 0 aromatic rings. The van der Waals surface area contributed by atoms with Gasteiger partial charge in [-0.25, -0.2) is 0 Å². The number of nitrogens with zero attached hydrogens (tertiary/aromatic N) is 1. The molecular weight excluding hydrogens is 454 g/mol. The topological polar surface area (TPSA) is 104 Å². The minimum Gasteiger partial charge on any atom is -0.393 e. The molecule has 3 saturated carbocycles. The van der Waals surface area contributed by atoms with Crippen LogP contribution in [0.15, 0.2) is 23.8 Å². The van der Waals surface area contributed by atoms with Gasteiger partial charge in [-0.3, -0.25) is 14.4 Å². The number of amides is 1. The molecule has 0 saturated heterocycles. The molecule has 2 N–H and O–H groups in total. The molecule has 3 unspecified atom stereocenters. The molecule has 0 aromatic carbocycles. The van der Waals surface area contributed by atoms with Gasteiger partial charge in [-0.15, -0.1) is 0 Å². The molecule has 3 fully saturated rings. The maximum atomic E-state index is 13.8. The fraction of sp³-hybridized carbons (Fsp3) is 0.731. The van der Waals surface area contributed by atoms with E-state index in [0.717, 1.165) is 18.4 Å². The minimum absolute atomic E-state index is 0.00676. The van der Waals surface area contributed by atoms with Gasteiger partial charge in [-0.2, -0.15) is 0 Å². The molecule has 34 heavy (non-hydrogen) atoms. The van der Waals surface area contributed by atoms with E-state index in [1.807, 2.05) is 13.0 Å². The monoisotopic (exact) mass is 491 g/mol. The van der Waals surface area contributed by atoms with Crippen LogP contribution in [0.3, 0.4) is 0 Å². The van der Waals surface area contributed by atoms with Crippen molar-refractivity contribution >= 4 is 27.9 Å². The first-order valence-corrected chi connectivity index (χ1v) is 12.9. The molecule has 7 atom stereocenters. The fourth-order valence-corrected chi connectivity index (χ4v) is 8.42. The Kier molecular flexibility index (Phi) is 6.24. The molecule has 0 aliphatic heterocycles. The van der Waals surface area contributed by atoms with Crippen LogP contribution in [-0.4, -0.2) is 62.8 Å². The number of rotatable bonds is 3. The van der Waals surface area contributed by atoms with Gasteiger partial charge in [-0.05, 0) is 69.9 Å². The molecule has 188 valence electrons. The summed E-state index contributed by atoms with van der Waals surface area (Å²) in [4.78, 5) is 39.6. The summed E-state index contributed by atoms with van der Waals surface area (Å²) in [6.45, 7) is 7.10. The Labute approximate surface area is 206 Å². The molecule has 0 radical (unpaired) electrons. The van der Waals surface area contributed by atoms with E-state index in [1.54, 1.807) is 26.2 Å². The number of hydrogen-bond acceptors (Lipinski definition) is 7. The first-order chi connectivity index (χ1) is 15.6. The molecular formula is C26H37NO6S. The van der Waals surface area contributed by atoms with Crippen LogP contribution >= 0.6 is 11.8 Å². The number of thioether (sulfide) groups is 1. The van der Waals surface area contributed by atoms with Gasteiger partial charge in [0.25, 0.3) is 5.24 Å². The molecule has 0 heterocycles. The third-order valence-corrected chi connectivity index (χ3v) is 9.97. The van der Waals surface area contributed by atoms with Crippen molar-refractivity contribution in [3.05, 3.63) is 23.8 Å². The molecule has 8 heteroatoms. The predicted molar refractivity (Wildman–Crippen MR) is 130 cm³/mol. The van der Waals surface area contributed by atoms with E-state index in [2.05, 4.69) is 6.92 Å². The summed E-state index contributed by atoms with van der Waals surface area (Å²) in [5.74, 6) is -1.46. The van der Waals surface area contributed by atoms with E-state index in [1.165, 1.54) is 18.7 Å². The van der Waals surface area contributed by atoms with Gasteiger partial charge in [0.15, 0.2) is 11.6 Å². The van der Waals surface area contributed by atoms with Crippen molar-refractivity contribution < 1.29 is 29.3 Å². The van der Waals surface area contributed by atoms with Crippen molar-refractivity contribution in [1.82, 2.24) is 4.90 Å². The zero-order chi connectivity index (χ0) is 25.3. The SMILES string of the molecule is CN(C)C(=O)SC(=O)[C@@]1(OC(C)(C)O)CCC2[C@@H]3CCC4=CC(=O)C=C[C@]4(C)C3C(O)C[C@@]21C. The second-order valence-electron chi connectivity index (χ2n) is 11.7. The summed E-state index contributed by atoms with van der Waals surface area (Å²) in [6.07, 6.45) is 7.57. The predicted octanol–water partition coefficient (Wildman–Crippen LogP) is 3.69.